The molecule has 2 rings (SSSR count). The number of ether oxygens (including phenoxy) is 1. The molecule has 5 heteroatoms. The Morgan fingerprint density at radius 3 is 2.60 bits per heavy atom. The number of halogens is 1. The normalized spacial score (nSPS) is 12.2. The molecule has 0 saturated carbocycles. The van der Waals surface area contributed by atoms with Crippen LogP contribution in [-0.4, -0.2) is 17.1 Å². The molecule has 2 heterocycles. The van der Waals surface area contributed by atoms with Gasteiger partial charge in [-0.1, -0.05) is 0 Å². The summed E-state index contributed by atoms with van der Waals surface area (Å²) in [6.45, 7) is 3.91. The molecule has 106 valence electrons. The van der Waals surface area contributed by atoms with Crippen molar-refractivity contribution in [2.75, 3.05) is 7.11 Å². The molecule has 2 N–H and O–H groups in total. The summed E-state index contributed by atoms with van der Waals surface area (Å²) in [4.78, 5) is 8.41. The molecule has 2 aromatic rings. The number of aromatic nitrogens is 2. The zero-order chi connectivity index (χ0) is 14.7. The van der Waals surface area contributed by atoms with Crippen LogP contribution in [0.15, 0.2) is 24.5 Å². The molecule has 20 heavy (non-hydrogen) atoms. The monoisotopic (exact) mass is 275 g/mol. The highest BCUT2D eigenvalue weighted by Gasteiger charge is 2.14. The SMILES string of the molecule is COc1c(C)cnc(CC(N)c2ccc(F)cn2)c1C. The molecular formula is C15H18FN3O. The van der Waals surface area contributed by atoms with Gasteiger partial charge < -0.3 is 10.5 Å². The molecular weight excluding hydrogens is 257 g/mol. The summed E-state index contributed by atoms with van der Waals surface area (Å²) in [5, 5.41) is 0. The zero-order valence-electron chi connectivity index (χ0n) is 11.9. The highest BCUT2D eigenvalue weighted by atomic mass is 19.1. The van der Waals surface area contributed by atoms with E-state index in [4.69, 9.17) is 10.5 Å². The molecule has 0 spiro atoms. The van der Waals surface area contributed by atoms with Gasteiger partial charge in [0.05, 0.1) is 25.0 Å². The molecule has 0 aliphatic rings. The third-order valence-electron chi connectivity index (χ3n) is 3.29. The van der Waals surface area contributed by atoms with Crippen LogP contribution in [0.3, 0.4) is 0 Å². The Kier molecular flexibility index (Phi) is 4.29. The lowest BCUT2D eigenvalue weighted by molar-refractivity contribution is 0.406. The van der Waals surface area contributed by atoms with E-state index in [0.29, 0.717) is 12.1 Å². The first-order chi connectivity index (χ1) is 9.52. The molecule has 0 aliphatic carbocycles. The number of methoxy groups -OCH3 is 1. The summed E-state index contributed by atoms with van der Waals surface area (Å²) < 4.78 is 18.2. The second-order valence-corrected chi connectivity index (χ2v) is 4.76. The predicted octanol–water partition coefficient (Wildman–Crippen LogP) is 2.48. The van der Waals surface area contributed by atoms with E-state index in [1.54, 1.807) is 19.4 Å². The molecule has 4 nitrogen and oxygen atoms in total. The Balaban J connectivity index is 2.23. The second kappa shape index (κ2) is 5.96. The summed E-state index contributed by atoms with van der Waals surface area (Å²) in [5.41, 5.74) is 9.59. The Hall–Kier alpha value is -2.01. The number of hydrogen-bond donors (Lipinski definition) is 1. The second-order valence-electron chi connectivity index (χ2n) is 4.76. The molecule has 0 bridgehead atoms. The van der Waals surface area contributed by atoms with Gasteiger partial charge in [-0.25, -0.2) is 4.39 Å². The van der Waals surface area contributed by atoms with Gasteiger partial charge in [-0.15, -0.1) is 0 Å². The molecule has 0 amide bonds. The summed E-state index contributed by atoms with van der Waals surface area (Å²) in [6.07, 6.45) is 3.47. The smallest absolute Gasteiger partial charge is 0.141 e. The van der Waals surface area contributed by atoms with Gasteiger partial charge in [0.15, 0.2) is 0 Å². The van der Waals surface area contributed by atoms with Gasteiger partial charge in [-0.05, 0) is 26.0 Å². The topological polar surface area (TPSA) is 61.0 Å². The van der Waals surface area contributed by atoms with Gasteiger partial charge in [0.25, 0.3) is 0 Å². The maximum Gasteiger partial charge on any atom is 0.141 e. The summed E-state index contributed by atoms with van der Waals surface area (Å²) >= 11 is 0. The Morgan fingerprint density at radius 2 is 2.00 bits per heavy atom. The number of rotatable bonds is 4. The molecule has 1 atom stereocenters. The van der Waals surface area contributed by atoms with Crippen molar-refractivity contribution >= 4 is 0 Å². The molecule has 1 unspecified atom stereocenters. The average Bonchev–Trinajstić information content (AvgIpc) is 2.43. The van der Waals surface area contributed by atoms with Crippen molar-refractivity contribution in [3.8, 4) is 5.75 Å². The number of hydrogen-bond acceptors (Lipinski definition) is 4. The van der Waals surface area contributed by atoms with E-state index in [1.165, 1.54) is 12.3 Å². The van der Waals surface area contributed by atoms with E-state index >= 15 is 0 Å². The summed E-state index contributed by atoms with van der Waals surface area (Å²) in [7, 11) is 1.64. The third kappa shape index (κ3) is 2.93. The molecule has 0 aliphatic heterocycles. The van der Waals surface area contributed by atoms with Crippen LogP contribution in [0.25, 0.3) is 0 Å². The largest absolute Gasteiger partial charge is 0.496 e. The minimum atomic E-state index is -0.368. The van der Waals surface area contributed by atoms with Crippen molar-refractivity contribution in [1.82, 2.24) is 9.97 Å². The van der Waals surface area contributed by atoms with Crippen LogP contribution in [0.1, 0.15) is 28.6 Å². The van der Waals surface area contributed by atoms with Crippen LogP contribution in [-0.2, 0) is 6.42 Å². The van der Waals surface area contributed by atoms with E-state index in [-0.39, 0.29) is 11.9 Å². The first-order valence-corrected chi connectivity index (χ1v) is 6.39. The molecule has 0 fully saturated rings. The minimum Gasteiger partial charge on any atom is -0.496 e. The van der Waals surface area contributed by atoms with Gasteiger partial charge in [-0.3, -0.25) is 9.97 Å². The van der Waals surface area contributed by atoms with Gasteiger partial charge in [-0.2, -0.15) is 0 Å². The van der Waals surface area contributed by atoms with Crippen molar-refractivity contribution in [2.24, 2.45) is 5.73 Å². The van der Waals surface area contributed by atoms with E-state index in [2.05, 4.69) is 9.97 Å². The van der Waals surface area contributed by atoms with Gasteiger partial charge in [0.2, 0.25) is 0 Å². The quantitative estimate of drug-likeness (QED) is 0.931. The van der Waals surface area contributed by atoms with E-state index < -0.39 is 0 Å². The van der Waals surface area contributed by atoms with Crippen molar-refractivity contribution in [1.29, 1.82) is 0 Å². The van der Waals surface area contributed by atoms with E-state index in [0.717, 1.165) is 22.6 Å². The van der Waals surface area contributed by atoms with Gasteiger partial charge >= 0.3 is 0 Å². The lowest BCUT2D eigenvalue weighted by Crippen LogP contribution is -2.16. The van der Waals surface area contributed by atoms with Crippen LogP contribution in [0.2, 0.25) is 0 Å². The Labute approximate surface area is 117 Å². The van der Waals surface area contributed by atoms with Crippen LogP contribution < -0.4 is 10.5 Å². The molecule has 2 aromatic heterocycles. The average molecular weight is 275 g/mol. The Bertz CT molecular complexity index is 599. The number of pyridine rings is 2. The maximum atomic E-state index is 12.9. The molecule has 0 radical (unpaired) electrons. The van der Waals surface area contributed by atoms with Crippen molar-refractivity contribution in [3.05, 3.63) is 52.9 Å². The van der Waals surface area contributed by atoms with E-state index in [9.17, 15) is 4.39 Å². The third-order valence-corrected chi connectivity index (χ3v) is 3.29. The standard InChI is InChI=1S/C15H18FN3O/c1-9-7-18-14(10(2)15(9)20-3)6-12(17)13-5-4-11(16)8-19-13/h4-5,7-8,12H,6,17H2,1-3H3. The van der Waals surface area contributed by atoms with Crippen molar-refractivity contribution < 1.29 is 9.13 Å². The molecule has 0 aromatic carbocycles. The number of nitrogens with two attached hydrogens (primary N) is 1. The highest BCUT2D eigenvalue weighted by Crippen LogP contribution is 2.26. The fraction of sp³-hybridized carbons (Fsp3) is 0.333. The zero-order valence-corrected chi connectivity index (χ0v) is 11.9. The van der Waals surface area contributed by atoms with Crippen molar-refractivity contribution in [2.45, 2.75) is 26.3 Å². The van der Waals surface area contributed by atoms with Gasteiger partial charge in [0, 0.05) is 29.4 Å². The highest BCUT2D eigenvalue weighted by molar-refractivity contribution is 5.41. The summed E-state index contributed by atoms with van der Waals surface area (Å²) in [5.74, 6) is 0.460. The lowest BCUT2D eigenvalue weighted by Gasteiger charge is -2.15. The first kappa shape index (κ1) is 14.4. The lowest BCUT2D eigenvalue weighted by atomic mass is 10.0. The van der Waals surface area contributed by atoms with Crippen molar-refractivity contribution in [3.63, 3.8) is 0 Å². The van der Waals surface area contributed by atoms with Crippen LogP contribution in [0.4, 0.5) is 4.39 Å². The molecule has 0 saturated heterocycles. The fourth-order valence-electron chi connectivity index (χ4n) is 2.20. The maximum absolute atomic E-state index is 12.9. The fourth-order valence-corrected chi connectivity index (χ4v) is 2.20. The number of aryl methyl sites for hydroxylation is 1. The van der Waals surface area contributed by atoms with Crippen LogP contribution in [0.5, 0.6) is 5.75 Å². The first-order valence-electron chi connectivity index (χ1n) is 6.39. The predicted molar refractivity (Wildman–Crippen MR) is 75.1 cm³/mol. The van der Waals surface area contributed by atoms with Crippen LogP contribution in [0, 0.1) is 19.7 Å². The Morgan fingerprint density at radius 1 is 1.25 bits per heavy atom. The summed E-state index contributed by atoms with van der Waals surface area (Å²) in [6, 6.07) is 2.63. The minimum absolute atomic E-state index is 0.325. The number of nitrogens with zero attached hydrogens (tertiary/aromatic N) is 2. The van der Waals surface area contributed by atoms with Gasteiger partial charge in [0.1, 0.15) is 11.6 Å². The van der Waals surface area contributed by atoms with E-state index in [1.807, 2.05) is 13.8 Å². The van der Waals surface area contributed by atoms with Crippen LogP contribution >= 0.6 is 0 Å².